The summed E-state index contributed by atoms with van der Waals surface area (Å²) in [7, 11) is 0. The van der Waals surface area contributed by atoms with Gasteiger partial charge in [-0.05, 0) is 81.8 Å². The van der Waals surface area contributed by atoms with Crippen LogP contribution in [0, 0.1) is 0 Å². The monoisotopic (exact) mass is 472 g/mol. The van der Waals surface area contributed by atoms with Crippen LogP contribution in [-0.4, -0.2) is 48.6 Å². The fourth-order valence-corrected chi connectivity index (χ4v) is 4.99. The molecule has 2 unspecified atom stereocenters. The first-order chi connectivity index (χ1) is 16.3. The first-order valence-corrected chi connectivity index (χ1v) is 11.8. The number of piperidine rings is 1. The number of carbonyl (C=O) groups excluding carboxylic acids is 2. The van der Waals surface area contributed by atoms with Crippen molar-refractivity contribution in [3.05, 3.63) is 53.6 Å². The molecule has 6 nitrogen and oxygen atoms in total. The lowest BCUT2D eigenvalue weighted by atomic mass is 9.97. The number of alkyl halides is 2. The summed E-state index contributed by atoms with van der Waals surface area (Å²) in [6.07, 6.45) is 4.54. The highest BCUT2D eigenvalue weighted by Gasteiger charge is 2.30. The van der Waals surface area contributed by atoms with Crippen molar-refractivity contribution in [2.24, 2.45) is 0 Å². The van der Waals surface area contributed by atoms with Gasteiger partial charge >= 0.3 is 6.61 Å². The van der Waals surface area contributed by atoms with Crippen molar-refractivity contribution in [3.63, 3.8) is 0 Å². The third-order valence-corrected chi connectivity index (χ3v) is 6.59. The summed E-state index contributed by atoms with van der Waals surface area (Å²) in [5.74, 6) is 0.143. The highest BCUT2D eigenvalue weighted by atomic mass is 19.3. The summed E-state index contributed by atoms with van der Waals surface area (Å²) in [6, 6.07) is 11.9. The predicted octanol–water partition coefficient (Wildman–Crippen LogP) is 5.05. The average Bonchev–Trinajstić information content (AvgIpc) is 2.82. The van der Waals surface area contributed by atoms with Gasteiger partial charge in [0.05, 0.1) is 5.69 Å². The van der Waals surface area contributed by atoms with Gasteiger partial charge in [0.2, 0.25) is 0 Å². The molecule has 0 aromatic heterocycles. The first-order valence-electron chi connectivity index (χ1n) is 11.8. The van der Waals surface area contributed by atoms with Gasteiger partial charge in [0.1, 0.15) is 11.5 Å². The number of hydrogen-bond acceptors (Lipinski definition) is 4. The minimum atomic E-state index is -2.97. The molecular formula is C26H30F2N2O4. The SMILES string of the molecule is CC1CCCC(C)N1C(=O)COc1ccc(C(=O)N2CCCc3cccc(OC(F)F)c32)cc1. The normalized spacial score (nSPS) is 20.1. The number of rotatable bonds is 6. The summed E-state index contributed by atoms with van der Waals surface area (Å²) < 4.78 is 36.2. The number of likely N-dealkylation sites (tertiary alicyclic amines) is 1. The Balaban J connectivity index is 1.44. The Morgan fingerprint density at radius 2 is 1.74 bits per heavy atom. The highest BCUT2D eigenvalue weighted by molar-refractivity contribution is 6.07. The lowest BCUT2D eigenvalue weighted by molar-refractivity contribution is -0.139. The van der Waals surface area contributed by atoms with Crippen molar-refractivity contribution in [3.8, 4) is 11.5 Å². The Morgan fingerprint density at radius 3 is 2.41 bits per heavy atom. The van der Waals surface area contributed by atoms with Crippen LogP contribution in [0.5, 0.6) is 11.5 Å². The number of anilines is 1. The Kier molecular flexibility index (Phi) is 7.34. The number of aryl methyl sites for hydroxylation is 1. The molecule has 2 aromatic carbocycles. The minimum absolute atomic E-state index is 0.000172. The second-order valence-electron chi connectivity index (χ2n) is 8.95. The third kappa shape index (κ3) is 5.16. The summed E-state index contributed by atoms with van der Waals surface area (Å²) in [5.41, 5.74) is 1.60. The van der Waals surface area contributed by atoms with Gasteiger partial charge < -0.3 is 19.3 Å². The topological polar surface area (TPSA) is 59.1 Å². The molecule has 8 heteroatoms. The average molecular weight is 473 g/mol. The van der Waals surface area contributed by atoms with Crippen molar-refractivity contribution in [1.29, 1.82) is 0 Å². The molecule has 1 fully saturated rings. The number of halogens is 2. The maximum atomic E-state index is 13.2. The molecule has 2 atom stereocenters. The van der Waals surface area contributed by atoms with Crippen molar-refractivity contribution < 1.29 is 27.8 Å². The van der Waals surface area contributed by atoms with Crippen LogP contribution in [0.2, 0.25) is 0 Å². The van der Waals surface area contributed by atoms with Crippen LogP contribution >= 0.6 is 0 Å². The zero-order valence-electron chi connectivity index (χ0n) is 19.5. The van der Waals surface area contributed by atoms with Crippen molar-refractivity contribution in [2.45, 2.75) is 64.6 Å². The van der Waals surface area contributed by atoms with Crippen LogP contribution in [0.25, 0.3) is 0 Å². The van der Waals surface area contributed by atoms with Gasteiger partial charge in [-0.1, -0.05) is 12.1 Å². The van der Waals surface area contributed by atoms with Gasteiger partial charge in [-0.25, -0.2) is 0 Å². The van der Waals surface area contributed by atoms with E-state index in [2.05, 4.69) is 18.6 Å². The molecule has 2 aromatic rings. The quantitative estimate of drug-likeness (QED) is 0.591. The summed E-state index contributed by atoms with van der Waals surface area (Å²) in [5, 5.41) is 0. The molecule has 0 aliphatic carbocycles. The lowest BCUT2D eigenvalue weighted by Crippen LogP contribution is -2.49. The standard InChI is InChI=1S/C26H30F2N2O4/c1-17-6-3-7-18(2)30(17)23(31)16-33-21-13-11-20(12-14-21)25(32)29-15-5-9-19-8-4-10-22(24(19)29)34-26(27)28/h4,8,10-14,17-18,26H,3,5-7,9,15-16H2,1-2H3. The summed E-state index contributed by atoms with van der Waals surface area (Å²) in [6.45, 7) is 1.50. The number of nitrogens with zero attached hydrogens (tertiary/aromatic N) is 2. The maximum absolute atomic E-state index is 13.2. The zero-order valence-corrected chi connectivity index (χ0v) is 19.5. The van der Waals surface area contributed by atoms with E-state index in [0.717, 1.165) is 31.2 Å². The number of para-hydroxylation sites is 1. The number of benzene rings is 2. The van der Waals surface area contributed by atoms with Crippen LogP contribution in [0.1, 0.15) is 55.5 Å². The molecule has 2 aliphatic rings. The first kappa shape index (κ1) is 24.0. The van der Waals surface area contributed by atoms with Gasteiger partial charge in [0, 0.05) is 24.2 Å². The van der Waals surface area contributed by atoms with E-state index < -0.39 is 6.61 Å². The van der Waals surface area contributed by atoms with Crippen molar-refractivity contribution in [1.82, 2.24) is 4.90 Å². The van der Waals surface area contributed by atoms with E-state index >= 15 is 0 Å². The Hall–Kier alpha value is -3.16. The zero-order chi connectivity index (χ0) is 24.2. The maximum Gasteiger partial charge on any atom is 0.387 e. The minimum Gasteiger partial charge on any atom is -0.484 e. The second kappa shape index (κ2) is 10.4. The van der Waals surface area contributed by atoms with Crippen molar-refractivity contribution >= 4 is 17.5 Å². The fourth-order valence-electron chi connectivity index (χ4n) is 4.99. The molecule has 0 saturated carbocycles. The Bertz CT molecular complexity index is 1020. The van der Waals surface area contributed by atoms with Crippen LogP contribution < -0.4 is 14.4 Å². The predicted molar refractivity (Wildman–Crippen MR) is 125 cm³/mol. The third-order valence-electron chi connectivity index (χ3n) is 6.59. The van der Waals surface area contributed by atoms with Crippen molar-refractivity contribution in [2.75, 3.05) is 18.1 Å². The van der Waals surface area contributed by atoms with Crippen LogP contribution in [0.4, 0.5) is 14.5 Å². The van der Waals surface area contributed by atoms with Crippen LogP contribution in [0.15, 0.2) is 42.5 Å². The number of amides is 2. The van der Waals surface area contributed by atoms with Gasteiger partial charge in [-0.15, -0.1) is 0 Å². The van der Waals surface area contributed by atoms with Gasteiger partial charge in [-0.2, -0.15) is 8.78 Å². The van der Waals surface area contributed by atoms with Gasteiger partial charge in [-0.3, -0.25) is 9.59 Å². The molecule has 2 heterocycles. The molecular weight excluding hydrogens is 442 g/mol. The highest BCUT2D eigenvalue weighted by Crippen LogP contribution is 2.38. The smallest absolute Gasteiger partial charge is 0.387 e. The van der Waals surface area contributed by atoms with Crippen LogP contribution in [0.3, 0.4) is 0 Å². The van der Waals surface area contributed by atoms with Gasteiger partial charge in [0.15, 0.2) is 6.61 Å². The molecule has 0 radical (unpaired) electrons. The molecule has 2 amide bonds. The van der Waals surface area contributed by atoms with E-state index in [1.54, 1.807) is 30.3 Å². The fraction of sp³-hybridized carbons (Fsp3) is 0.462. The molecule has 2 aliphatic heterocycles. The Labute approximate surface area is 198 Å². The second-order valence-corrected chi connectivity index (χ2v) is 8.95. The summed E-state index contributed by atoms with van der Waals surface area (Å²) in [4.78, 5) is 29.3. The summed E-state index contributed by atoms with van der Waals surface area (Å²) >= 11 is 0. The molecule has 182 valence electrons. The molecule has 0 N–H and O–H groups in total. The van der Waals surface area contributed by atoms with E-state index in [1.807, 2.05) is 11.0 Å². The van der Waals surface area contributed by atoms with Gasteiger partial charge in [0.25, 0.3) is 11.8 Å². The number of fused-ring (bicyclic) bond motifs is 1. The number of ether oxygens (including phenoxy) is 2. The van der Waals surface area contributed by atoms with E-state index in [-0.39, 0.29) is 36.3 Å². The molecule has 4 rings (SSSR count). The Morgan fingerprint density at radius 1 is 1.03 bits per heavy atom. The van der Waals surface area contributed by atoms with E-state index in [1.165, 1.54) is 11.0 Å². The van der Waals surface area contributed by atoms with E-state index in [9.17, 15) is 18.4 Å². The molecule has 1 saturated heterocycles. The largest absolute Gasteiger partial charge is 0.484 e. The lowest BCUT2D eigenvalue weighted by Gasteiger charge is -2.38. The van der Waals surface area contributed by atoms with Crippen LogP contribution in [-0.2, 0) is 11.2 Å². The molecule has 0 bridgehead atoms. The van der Waals surface area contributed by atoms with E-state index in [4.69, 9.17) is 4.74 Å². The number of carbonyl (C=O) groups is 2. The number of hydrogen-bond donors (Lipinski definition) is 0. The van der Waals surface area contributed by atoms with E-state index in [0.29, 0.717) is 30.0 Å². The molecule has 0 spiro atoms. The molecule has 34 heavy (non-hydrogen) atoms.